The molecule has 1 N–H and O–H groups in total. The van der Waals surface area contributed by atoms with E-state index in [-0.39, 0.29) is 12.1 Å². The fourth-order valence-corrected chi connectivity index (χ4v) is 5.38. The van der Waals surface area contributed by atoms with Crippen molar-refractivity contribution in [2.45, 2.75) is 46.2 Å². The monoisotopic (exact) mass is 461 g/mol. The summed E-state index contributed by atoms with van der Waals surface area (Å²) >= 11 is 5.85. The van der Waals surface area contributed by atoms with Crippen molar-refractivity contribution in [2.24, 2.45) is 0 Å². The fraction of sp³-hybridized carbons (Fsp3) is 0.407. The first-order valence-electron chi connectivity index (χ1n) is 11.7. The van der Waals surface area contributed by atoms with Gasteiger partial charge in [0.15, 0.2) is 5.11 Å². The lowest BCUT2D eigenvalue weighted by molar-refractivity contribution is 0.277. The van der Waals surface area contributed by atoms with E-state index in [0.29, 0.717) is 0 Å². The van der Waals surface area contributed by atoms with E-state index in [4.69, 9.17) is 17.2 Å². The summed E-state index contributed by atoms with van der Waals surface area (Å²) in [5, 5.41) is 4.39. The van der Waals surface area contributed by atoms with Crippen LogP contribution in [0.25, 0.3) is 5.69 Å². The Labute approximate surface area is 203 Å². The maximum atomic E-state index is 5.85. The van der Waals surface area contributed by atoms with Gasteiger partial charge in [-0.05, 0) is 88.4 Å². The molecule has 0 aliphatic carbocycles. The first kappa shape index (κ1) is 23.5. The lowest BCUT2D eigenvalue weighted by Gasteiger charge is -2.29. The van der Waals surface area contributed by atoms with Gasteiger partial charge >= 0.3 is 0 Å². The normalized spacial score (nSPS) is 18.3. The Bertz CT molecular complexity index is 1130. The summed E-state index contributed by atoms with van der Waals surface area (Å²) in [6.45, 7) is 10.7. The van der Waals surface area contributed by atoms with Gasteiger partial charge in [0.25, 0.3) is 0 Å². The minimum absolute atomic E-state index is 0.0114. The maximum Gasteiger partial charge on any atom is 0.170 e. The third kappa shape index (κ3) is 4.42. The van der Waals surface area contributed by atoms with Gasteiger partial charge in [0, 0.05) is 30.7 Å². The number of hydrogen-bond acceptors (Lipinski definition) is 3. The smallest absolute Gasteiger partial charge is 0.170 e. The molecule has 0 saturated carbocycles. The molecule has 4 rings (SSSR count). The average Bonchev–Trinajstić information content (AvgIpc) is 3.27. The second-order valence-electron chi connectivity index (χ2n) is 9.22. The van der Waals surface area contributed by atoms with Crippen molar-refractivity contribution in [3.63, 3.8) is 0 Å². The number of rotatable bonds is 7. The number of aromatic nitrogens is 2. The highest BCUT2D eigenvalue weighted by molar-refractivity contribution is 7.80. The molecule has 174 valence electrons. The summed E-state index contributed by atoms with van der Waals surface area (Å²) in [7, 11) is 4.21. The molecule has 0 radical (unpaired) electrons. The van der Waals surface area contributed by atoms with E-state index in [1.807, 2.05) is 12.3 Å². The summed E-state index contributed by atoms with van der Waals surface area (Å²) in [5.41, 5.74) is 8.82. The van der Waals surface area contributed by atoms with Gasteiger partial charge in [-0.25, -0.2) is 0 Å². The van der Waals surface area contributed by atoms with Crippen molar-refractivity contribution >= 4 is 17.3 Å². The minimum atomic E-state index is 0.0114. The summed E-state index contributed by atoms with van der Waals surface area (Å²) in [5.74, 6) is 0. The van der Waals surface area contributed by atoms with Crippen molar-refractivity contribution < 1.29 is 0 Å². The fourth-order valence-electron chi connectivity index (χ4n) is 5.05. The highest BCUT2D eigenvalue weighted by atomic mass is 32.1. The molecule has 1 aromatic carbocycles. The van der Waals surface area contributed by atoms with Crippen LogP contribution >= 0.6 is 12.2 Å². The first-order chi connectivity index (χ1) is 15.8. The molecule has 2 atom stereocenters. The lowest BCUT2D eigenvalue weighted by Crippen LogP contribution is -2.35. The van der Waals surface area contributed by atoms with Crippen LogP contribution in [0.2, 0.25) is 0 Å². The van der Waals surface area contributed by atoms with Crippen LogP contribution in [0.15, 0.2) is 48.7 Å². The predicted octanol–water partition coefficient (Wildman–Crippen LogP) is 4.89. The van der Waals surface area contributed by atoms with Crippen molar-refractivity contribution in [3.05, 3.63) is 82.4 Å². The maximum absolute atomic E-state index is 5.85. The molecule has 2 aromatic heterocycles. The van der Waals surface area contributed by atoms with Crippen LogP contribution in [0.1, 0.15) is 52.8 Å². The molecule has 2 unspecified atom stereocenters. The van der Waals surface area contributed by atoms with Crippen LogP contribution in [0, 0.1) is 20.8 Å². The van der Waals surface area contributed by atoms with Crippen molar-refractivity contribution in [3.8, 4) is 5.69 Å². The topological polar surface area (TPSA) is 36.3 Å². The lowest BCUT2D eigenvalue weighted by atomic mass is 9.96. The average molecular weight is 462 g/mol. The molecule has 1 saturated heterocycles. The van der Waals surface area contributed by atoms with Crippen molar-refractivity contribution in [1.29, 1.82) is 0 Å². The number of nitrogens with zero attached hydrogens (tertiary/aromatic N) is 4. The Morgan fingerprint density at radius 3 is 2.55 bits per heavy atom. The zero-order valence-electron chi connectivity index (χ0n) is 20.6. The summed E-state index contributed by atoms with van der Waals surface area (Å²) in [6.07, 6.45) is 2.87. The third-order valence-electron chi connectivity index (χ3n) is 6.70. The molecule has 1 aliphatic rings. The first-order valence-corrected chi connectivity index (χ1v) is 12.1. The molecule has 33 heavy (non-hydrogen) atoms. The van der Waals surface area contributed by atoms with Crippen LogP contribution in [0.3, 0.4) is 0 Å². The molecule has 5 nitrogen and oxygen atoms in total. The standard InChI is InChI=1S/C27H35N5S/c1-7-21-12-10-11-18(2)25(21)32-19(3)17-22(20(32)4)26-24(23-13-8-9-14-28-23)29-27(33)31(26)16-15-30(5)6/h8-14,17,24,26H,7,15-16H2,1-6H3,(H,29,33). The zero-order valence-corrected chi connectivity index (χ0v) is 21.4. The van der Waals surface area contributed by atoms with Crippen LogP contribution in [-0.2, 0) is 6.42 Å². The van der Waals surface area contributed by atoms with Crippen LogP contribution in [0.4, 0.5) is 0 Å². The molecule has 0 spiro atoms. The SMILES string of the molecule is CCc1cccc(C)c1-n1c(C)cc(C2C(c3ccccn3)NC(=S)N2CCN(C)C)c1C. The number of pyridine rings is 1. The molecular formula is C27H35N5S. The number of nitrogens with one attached hydrogen (secondary N) is 1. The Hall–Kier alpha value is -2.70. The van der Waals surface area contributed by atoms with E-state index in [1.54, 1.807) is 0 Å². The Morgan fingerprint density at radius 2 is 1.88 bits per heavy atom. The van der Waals surface area contributed by atoms with E-state index in [9.17, 15) is 0 Å². The Kier molecular flexibility index (Phi) is 6.86. The molecule has 3 aromatic rings. The minimum Gasteiger partial charge on any atom is -0.352 e. The van der Waals surface area contributed by atoms with Crippen molar-refractivity contribution in [2.75, 3.05) is 27.2 Å². The van der Waals surface area contributed by atoms with E-state index < -0.39 is 0 Å². The number of thiocarbonyl (C=S) groups is 1. The molecule has 0 amide bonds. The molecule has 0 bridgehead atoms. The van der Waals surface area contributed by atoms with E-state index in [1.165, 1.54) is 33.8 Å². The van der Waals surface area contributed by atoms with Gasteiger partial charge in [-0.15, -0.1) is 0 Å². The van der Waals surface area contributed by atoms with Gasteiger partial charge in [-0.2, -0.15) is 0 Å². The van der Waals surface area contributed by atoms with Gasteiger partial charge < -0.3 is 19.7 Å². The number of likely N-dealkylation sites (N-methyl/N-ethyl adjacent to an activating group) is 1. The van der Waals surface area contributed by atoms with E-state index in [2.05, 4.69) is 97.9 Å². The Morgan fingerprint density at radius 1 is 1.09 bits per heavy atom. The largest absolute Gasteiger partial charge is 0.352 e. The van der Waals surface area contributed by atoms with Crippen LogP contribution in [0.5, 0.6) is 0 Å². The third-order valence-corrected chi connectivity index (χ3v) is 7.05. The number of hydrogen-bond donors (Lipinski definition) is 1. The van der Waals surface area contributed by atoms with Gasteiger partial charge in [-0.1, -0.05) is 31.2 Å². The number of aryl methyl sites for hydroxylation is 3. The summed E-state index contributed by atoms with van der Waals surface area (Å²) in [6, 6.07) is 15.2. The molecule has 3 heterocycles. The summed E-state index contributed by atoms with van der Waals surface area (Å²) < 4.78 is 2.43. The molecular weight excluding hydrogens is 426 g/mol. The molecule has 1 aliphatic heterocycles. The zero-order chi connectivity index (χ0) is 23.7. The number of benzene rings is 1. The molecule has 6 heteroatoms. The molecule has 1 fully saturated rings. The highest BCUT2D eigenvalue weighted by Crippen LogP contribution is 2.41. The van der Waals surface area contributed by atoms with E-state index >= 15 is 0 Å². The highest BCUT2D eigenvalue weighted by Gasteiger charge is 2.41. The van der Waals surface area contributed by atoms with E-state index in [0.717, 1.165) is 30.3 Å². The second-order valence-corrected chi connectivity index (χ2v) is 9.61. The summed E-state index contributed by atoms with van der Waals surface area (Å²) in [4.78, 5) is 9.25. The predicted molar refractivity (Wildman–Crippen MR) is 140 cm³/mol. The van der Waals surface area contributed by atoms with Gasteiger partial charge in [-0.3, -0.25) is 4.98 Å². The quantitative estimate of drug-likeness (QED) is 0.507. The number of para-hydroxylation sites is 1. The Balaban J connectivity index is 1.85. The van der Waals surface area contributed by atoms with Crippen LogP contribution < -0.4 is 5.32 Å². The van der Waals surface area contributed by atoms with Crippen LogP contribution in [-0.4, -0.2) is 51.6 Å². The second kappa shape index (κ2) is 9.65. The van der Waals surface area contributed by atoms with Crippen molar-refractivity contribution in [1.82, 2.24) is 24.7 Å². The van der Waals surface area contributed by atoms with Gasteiger partial charge in [0.2, 0.25) is 0 Å². The van der Waals surface area contributed by atoms with Gasteiger partial charge in [0.05, 0.1) is 23.5 Å². The van der Waals surface area contributed by atoms with Gasteiger partial charge in [0.1, 0.15) is 0 Å².